The maximum absolute atomic E-state index is 13.1. The van der Waals surface area contributed by atoms with Crippen LogP contribution in [0.25, 0.3) is 0 Å². The summed E-state index contributed by atoms with van der Waals surface area (Å²) < 4.78 is 23.3. The van der Waals surface area contributed by atoms with Gasteiger partial charge in [-0.05, 0) is 82.5 Å². The average Bonchev–Trinajstić information content (AvgIpc) is 3.56. The predicted molar refractivity (Wildman–Crippen MR) is 138 cm³/mol. The zero-order chi connectivity index (χ0) is 27.5. The summed E-state index contributed by atoms with van der Waals surface area (Å²) in [6.45, 7) is 3.72. The van der Waals surface area contributed by atoms with Crippen molar-refractivity contribution in [2.75, 3.05) is 13.7 Å². The molecule has 1 saturated heterocycles. The molecular weight excluding hydrogens is 504 g/mol. The van der Waals surface area contributed by atoms with Gasteiger partial charge in [-0.3, -0.25) is 4.79 Å². The summed E-state index contributed by atoms with van der Waals surface area (Å²) in [6.07, 6.45) is 5.10. The SMILES string of the molecule is COc1ccc2c3c1O[C@H]1C(OC(=O)[C@H](C)OC(=O)[C@H](C)NC(=O)[C@@H]4CCCN4)=CC[C@@]4(O)[C@H](CCC[C@]314)C2. The highest BCUT2D eigenvalue weighted by Crippen LogP contribution is 2.67. The standard InChI is InChI=1S/C29H36N2O8/c1-15(31-25(32)19-7-5-13-30-19)26(33)37-16(2)27(34)38-21-10-12-29(35)18-6-4-11-28(29)22-17(14-18)8-9-20(36-3)23(22)39-24(21)28/h8-10,15-16,18-19,24,30,35H,4-7,11-14H2,1-3H3,(H,31,32)/t15-,16-,18+,19-,24-,28-,29+/m0/s1. The summed E-state index contributed by atoms with van der Waals surface area (Å²) >= 11 is 0. The van der Waals surface area contributed by atoms with E-state index in [2.05, 4.69) is 16.7 Å². The Morgan fingerprint density at radius 1 is 1.18 bits per heavy atom. The van der Waals surface area contributed by atoms with Gasteiger partial charge in [-0.25, -0.2) is 9.59 Å². The smallest absolute Gasteiger partial charge is 0.352 e. The lowest BCUT2D eigenvalue weighted by Gasteiger charge is -2.59. The van der Waals surface area contributed by atoms with E-state index in [0.717, 1.165) is 43.4 Å². The Kier molecular flexibility index (Phi) is 6.38. The van der Waals surface area contributed by atoms with Crippen LogP contribution in [0.4, 0.5) is 0 Å². The molecule has 2 bridgehead atoms. The molecule has 1 amide bonds. The molecule has 0 radical (unpaired) electrons. The molecule has 2 heterocycles. The van der Waals surface area contributed by atoms with E-state index in [1.54, 1.807) is 13.2 Å². The van der Waals surface area contributed by atoms with Crippen LogP contribution in [0, 0.1) is 5.92 Å². The minimum Gasteiger partial charge on any atom is -0.493 e. The van der Waals surface area contributed by atoms with E-state index in [4.69, 9.17) is 18.9 Å². The van der Waals surface area contributed by atoms with Crippen molar-refractivity contribution in [3.63, 3.8) is 0 Å². The lowest BCUT2D eigenvalue weighted by molar-refractivity contribution is -0.172. The van der Waals surface area contributed by atoms with E-state index in [0.29, 0.717) is 36.5 Å². The quantitative estimate of drug-likeness (QED) is 0.443. The van der Waals surface area contributed by atoms with Gasteiger partial charge in [0.15, 0.2) is 23.7 Å². The zero-order valence-electron chi connectivity index (χ0n) is 22.6. The van der Waals surface area contributed by atoms with Crippen LogP contribution in [0.5, 0.6) is 11.5 Å². The lowest BCUT2D eigenvalue weighted by atomic mass is 9.47. The molecule has 39 heavy (non-hydrogen) atoms. The van der Waals surface area contributed by atoms with Crippen molar-refractivity contribution in [1.29, 1.82) is 0 Å². The van der Waals surface area contributed by atoms with Gasteiger partial charge >= 0.3 is 11.9 Å². The van der Waals surface area contributed by atoms with Gasteiger partial charge < -0.3 is 34.7 Å². The predicted octanol–water partition coefficient (Wildman–Crippen LogP) is 1.80. The Labute approximate surface area is 227 Å². The van der Waals surface area contributed by atoms with Crippen LogP contribution in [0.1, 0.15) is 63.5 Å². The molecule has 5 aliphatic rings. The molecule has 1 aromatic carbocycles. The van der Waals surface area contributed by atoms with E-state index in [1.165, 1.54) is 13.8 Å². The number of aliphatic hydroxyl groups is 1. The molecule has 1 aromatic rings. The fraction of sp³-hybridized carbons (Fsp3) is 0.621. The number of carbonyl (C=O) groups is 3. The molecule has 10 heteroatoms. The van der Waals surface area contributed by atoms with Crippen LogP contribution < -0.4 is 20.1 Å². The van der Waals surface area contributed by atoms with Gasteiger partial charge in [-0.15, -0.1) is 0 Å². The maximum Gasteiger partial charge on any atom is 0.352 e. The fourth-order valence-corrected chi connectivity index (χ4v) is 7.49. The average molecular weight is 541 g/mol. The summed E-state index contributed by atoms with van der Waals surface area (Å²) in [5, 5.41) is 17.9. The molecule has 0 aromatic heterocycles. The van der Waals surface area contributed by atoms with Crippen molar-refractivity contribution >= 4 is 17.8 Å². The van der Waals surface area contributed by atoms with Crippen molar-refractivity contribution in [3.8, 4) is 11.5 Å². The number of hydrogen-bond acceptors (Lipinski definition) is 9. The number of ether oxygens (including phenoxy) is 4. The monoisotopic (exact) mass is 540 g/mol. The Bertz CT molecular complexity index is 1240. The van der Waals surface area contributed by atoms with Gasteiger partial charge in [-0.2, -0.15) is 0 Å². The fourth-order valence-electron chi connectivity index (χ4n) is 7.49. The van der Waals surface area contributed by atoms with E-state index >= 15 is 0 Å². The molecule has 7 atom stereocenters. The molecule has 6 rings (SSSR count). The first-order valence-corrected chi connectivity index (χ1v) is 13.9. The topological polar surface area (TPSA) is 132 Å². The maximum atomic E-state index is 13.1. The molecule has 1 saturated carbocycles. The molecular formula is C29H36N2O8. The van der Waals surface area contributed by atoms with Crippen LogP contribution in [0.15, 0.2) is 24.0 Å². The number of methoxy groups -OCH3 is 1. The van der Waals surface area contributed by atoms with Gasteiger partial charge in [0.1, 0.15) is 11.8 Å². The van der Waals surface area contributed by atoms with E-state index in [1.807, 2.05) is 6.07 Å². The molecule has 0 unspecified atom stereocenters. The third-order valence-electron chi connectivity index (χ3n) is 9.40. The first kappa shape index (κ1) is 26.1. The molecule has 2 aliphatic heterocycles. The summed E-state index contributed by atoms with van der Waals surface area (Å²) in [7, 11) is 1.58. The number of hydrogen-bond donors (Lipinski definition) is 3. The van der Waals surface area contributed by atoms with Crippen LogP contribution in [0.3, 0.4) is 0 Å². The number of esters is 2. The number of amides is 1. The first-order chi connectivity index (χ1) is 18.7. The Morgan fingerprint density at radius 3 is 2.74 bits per heavy atom. The second kappa shape index (κ2) is 9.52. The zero-order valence-corrected chi connectivity index (χ0v) is 22.6. The molecule has 3 aliphatic carbocycles. The van der Waals surface area contributed by atoms with Gasteiger partial charge in [-0.1, -0.05) is 12.5 Å². The highest BCUT2D eigenvalue weighted by atomic mass is 16.6. The van der Waals surface area contributed by atoms with Crippen molar-refractivity contribution in [1.82, 2.24) is 10.6 Å². The second-order valence-corrected chi connectivity index (χ2v) is 11.5. The number of rotatable bonds is 7. The minimum absolute atomic E-state index is 0.0775. The Morgan fingerprint density at radius 2 is 2.00 bits per heavy atom. The Balaban J connectivity index is 1.19. The van der Waals surface area contributed by atoms with Crippen LogP contribution in [-0.2, 0) is 35.7 Å². The number of nitrogens with one attached hydrogen (secondary N) is 2. The van der Waals surface area contributed by atoms with Gasteiger partial charge in [0, 0.05) is 5.56 Å². The summed E-state index contributed by atoms with van der Waals surface area (Å²) in [6, 6.07) is 2.70. The number of benzene rings is 1. The lowest BCUT2D eigenvalue weighted by Crippen LogP contribution is -2.67. The van der Waals surface area contributed by atoms with Crippen LogP contribution in [-0.4, -0.2) is 66.5 Å². The van der Waals surface area contributed by atoms with Crippen molar-refractivity contribution < 1.29 is 38.4 Å². The third-order valence-corrected chi connectivity index (χ3v) is 9.40. The van der Waals surface area contributed by atoms with E-state index < -0.39 is 41.2 Å². The van der Waals surface area contributed by atoms with Gasteiger partial charge in [0.05, 0.1) is 24.2 Å². The van der Waals surface area contributed by atoms with Gasteiger partial charge in [0.25, 0.3) is 0 Å². The summed E-state index contributed by atoms with van der Waals surface area (Å²) in [4.78, 5) is 38.1. The molecule has 10 nitrogen and oxygen atoms in total. The van der Waals surface area contributed by atoms with Crippen molar-refractivity contribution in [2.45, 2.75) is 94.1 Å². The Hall–Kier alpha value is -3.11. The molecule has 3 N–H and O–H groups in total. The highest BCUT2D eigenvalue weighted by Gasteiger charge is 2.71. The second-order valence-electron chi connectivity index (χ2n) is 11.5. The largest absolute Gasteiger partial charge is 0.493 e. The summed E-state index contributed by atoms with van der Waals surface area (Å²) in [5.41, 5.74) is 0.343. The van der Waals surface area contributed by atoms with Crippen LogP contribution in [0.2, 0.25) is 0 Å². The molecule has 210 valence electrons. The van der Waals surface area contributed by atoms with Crippen molar-refractivity contribution in [2.24, 2.45) is 5.92 Å². The van der Waals surface area contributed by atoms with E-state index in [-0.39, 0.29) is 17.9 Å². The summed E-state index contributed by atoms with van der Waals surface area (Å²) in [5.74, 6) is -0.164. The normalized spacial score (nSPS) is 33.1. The minimum atomic E-state index is -1.21. The van der Waals surface area contributed by atoms with Gasteiger partial charge in [0.2, 0.25) is 5.91 Å². The van der Waals surface area contributed by atoms with E-state index in [9.17, 15) is 19.5 Å². The van der Waals surface area contributed by atoms with Crippen molar-refractivity contribution in [3.05, 3.63) is 35.1 Å². The molecule has 1 spiro atoms. The highest BCUT2D eigenvalue weighted by molar-refractivity contribution is 5.88. The number of carbonyl (C=O) groups excluding carboxylic acids is 3. The van der Waals surface area contributed by atoms with Crippen LogP contribution >= 0.6 is 0 Å². The third kappa shape index (κ3) is 3.86. The first-order valence-electron chi connectivity index (χ1n) is 13.9. The molecule has 2 fully saturated rings.